The first-order valence-corrected chi connectivity index (χ1v) is 6.52. The molecule has 0 bridgehead atoms. The van der Waals surface area contributed by atoms with Crippen molar-refractivity contribution in [3.63, 3.8) is 0 Å². The van der Waals surface area contributed by atoms with Crippen molar-refractivity contribution in [2.75, 3.05) is 13.2 Å². The van der Waals surface area contributed by atoms with Gasteiger partial charge in [-0.1, -0.05) is 22.0 Å². The van der Waals surface area contributed by atoms with Crippen molar-refractivity contribution in [3.05, 3.63) is 40.9 Å². The predicted octanol–water partition coefficient (Wildman–Crippen LogP) is 1.30. The van der Waals surface area contributed by atoms with Gasteiger partial charge in [0.25, 0.3) is 5.91 Å². The van der Waals surface area contributed by atoms with Crippen LogP contribution >= 0.6 is 15.9 Å². The summed E-state index contributed by atoms with van der Waals surface area (Å²) >= 11 is 3.34. The molecule has 7 heteroatoms. The van der Waals surface area contributed by atoms with Gasteiger partial charge in [0.15, 0.2) is 6.61 Å². The Balaban J connectivity index is 1.67. The van der Waals surface area contributed by atoms with E-state index in [-0.39, 0.29) is 12.5 Å². The van der Waals surface area contributed by atoms with Crippen molar-refractivity contribution in [2.24, 2.45) is 0 Å². The van der Waals surface area contributed by atoms with Crippen LogP contribution in [0.15, 0.2) is 35.1 Å². The number of carbonyl (C=O) groups is 1. The molecule has 1 aromatic heterocycles. The Morgan fingerprint density at radius 3 is 3.11 bits per heavy atom. The van der Waals surface area contributed by atoms with Gasteiger partial charge in [0.2, 0.25) is 0 Å². The molecular formula is C12H13BrN4O2. The first-order chi connectivity index (χ1) is 9.24. The quantitative estimate of drug-likeness (QED) is 0.839. The van der Waals surface area contributed by atoms with Crippen LogP contribution in [0.5, 0.6) is 5.75 Å². The normalized spacial score (nSPS) is 10.2. The number of aromatic amines is 1. The molecule has 2 rings (SSSR count). The van der Waals surface area contributed by atoms with Gasteiger partial charge in [0.05, 0.1) is 0 Å². The first-order valence-electron chi connectivity index (χ1n) is 5.73. The van der Waals surface area contributed by atoms with Crippen molar-refractivity contribution >= 4 is 21.8 Å². The summed E-state index contributed by atoms with van der Waals surface area (Å²) in [6.07, 6.45) is 2.05. The highest BCUT2D eigenvalue weighted by atomic mass is 79.9. The van der Waals surface area contributed by atoms with Crippen LogP contribution in [0.1, 0.15) is 5.82 Å². The molecule has 0 atom stereocenters. The number of carbonyl (C=O) groups excluding carboxylic acids is 1. The Kier molecular flexibility index (Phi) is 4.91. The summed E-state index contributed by atoms with van der Waals surface area (Å²) in [5.74, 6) is 1.23. The zero-order chi connectivity index (χ0) is 13.5. The number of H-pyrrole nitrogens is 1. The van der Waals surface area contributed by atoms with E-state index in [9.17, 15) is 4.79 Å². The van der Waals surface area contributed by atoms with Crippen LogP contribution in [0, 0.1) is 0 Å². The van der Waals surface area contributed by atoms with Crippen LogP contribution in [-0.2, 0) is 11.2 Å². The molecule has 0 saturated heterocycles. The maximum Gasteiger partial charge on any atom is 0.257 e. The Morgan fingerprint density at radius 2 is 2.37 bits per heavy atom. The minimum absolute atomic E-state index is 0.00709. The van der Waals surface area contributed by atoms with Crippen LogP contribution in [0.2, 0.25) is 0 Å². The maximum absolute atomic E-state index is 11.5. The van der Waals surface area contributed by atoms with Gasteiger partial charge in [-0.3, -0.25) is 9.89 Å². The molecule has 1 aromatic carbocycles. The number of benzene rings is 1. The molecule has 2 N–H and O–H groups in total. The minimum atomic E-state index is -0.167. The Labute approximate surface area is 118 Å². The topological polar surface area (TPSA) is 79.9 Å². The van der Waals surface area contributed by atoms with Crippen LogP contribution in [0.3, 0.4) is 0 Å². The smallest absolute Gasteiger partial charge is 0.257 e. The van der Waals surface area contributed by atoms with Crippen molar-refractivity contribution in [1.29, 1.82) is 0 Å². The lowest BCUT2D eigenvalue weighted by Crippen LogP contribution is -2.30. The number of nitrogens with one attached hydrogen (secondary N) is 2. The Morgan fingerprint density at radius 1 is 1.47 bits per heavy atom. The average Bonchev–Trinajstić information content (AvgIpc) is 2.90. The second-order valence-corrected chi connectivity index (χ2v) is 4.69. The van der Waals surface area contributed by atoms with Crippen LogP contribution in [-0.4, -0.2) is 34.2 Å². The van der Waals surface area contributed by atoms with E-state index in [1.54, 1.807) is 6.07 Å². The van der Waals surface area contributed by atoms with Gasteiger partial charge in [0.1, 0.15) is 17.9 Å². The third kappa shape index (κ3) is 4.70. The van der Waals surface area contributed by atoms with Crippen LogP contribution in [0.25, 0.3) is 0 Å². The summed E-state index contributed by atoms with van der Waals surface area (Å²) in [6, 6.07) is 7.35. The number of rotatable bonds is 6. The van der Waals surface area contributed by atoms with E-state index >= 15 is 0 Å². The molecule has 0 aliphatic heterocycles. The highest BCUT2D eigenvalue weighted by Gasteiger charge is 2.03. The number of ether oxygens (including phenoxy) is 1. The lowest BCUT2D eigenvalue weighted by molar-refractivity contribution is -0.123. The van der Waals surface area contributed by atoms with Crippen LogP contribution in [0.4, 0.5) is 0 Å². The Bertz CT molecular complexity index is 530. The first kappa shape index (κ1) is 13.5. The Hall–Kier alpha value is -1.89. The molecule has 100 valence electrons. The molecule has 1 amide bonds. The molecule has 2 aromatic rings. The zero-order valence-corrected chi connectivity index (χ0v) is 11.7. The summed E-state index contributed by atoms with van der Waals surface area (Å²) in [6.45, 7) is 0.489. The van der Waals surface area contributed by atoms with Gasteiger partial charge in [0, 0.05) is 17.4 Å². The fraction of sp³-hybridized carbons (Fsp3) is 0.250. The highest BCUT2D eigenvalue weighted by molar-refractivity contribution is 9.10. The van der Waals surface area contributed by atoms with Crippen molar-refractivity contribution in [2.45, 2.75) is 6.42 Å². The number of halogens is 1. The highest BCUT2D eigenvalue weighted by Crippen LogP contribution is 2.17. The zero-order valence-electron chi connectivity index (χ0n) is 10.1. The summed E-state index contributed by atoms with van der Waals surface area (Å²) in [5, 5.41) is 9.19. The third-order valence-electron chi connectivity index (χ3n) is 2.31. The predicted molar refractivity (Wildman–Crippen MR) is 72.7 cm³/mol. The van der Waals surface area contributed by atoms with Gasteiger partial charge in [-0.15, -0.1) is 0 Å². The number of hydrogen-bond acceptors (Lipinski definition) is 4. The molecule has 0 aliphatic carbocycles. The minimum Gasteiger partial charge on any atom is -0.484 e. The van der Waals surface area contributed by atoms with E-state index in [2.05, 4.69) is 36.4 Å². The summed E-state index contributed by atoms with van der Waals surface area (Å²) in [5.41, 5.74) is 0. The van der Waals surface area contributed by atoms with E-state index in [4.69, 9.17) is 4.74 Å². The van der Waals surface area contributed by atoms with E-state index in [1.807, 2.05) is 18.2 Å². The fourth-order valence-corrected chi connectivity index (χ4v) is 1.81. The maximum atomic E-state index is 11.5. The van der Waals surface area contributed by atoms with Crippen molar-refractivity contribution < 1.29 is 9.53 Å². The second-order valence-electron chi connectivity index (χ2n) is 3.78. The van der Waals surface area contributed by atoms with E-state index in [0.717, 1.165) is 10.3 Å². The molecule has 0 saturated carbocycles. The van der Waals surface area contributed by atoms with Gasteiger partial charge in [-0.05, 0) is 18.2 Å². The molecule has 0 unspecified atom stereocenters. The molecule has 1 heterocycles. The lowest BCUT2D eigenvalue weighted by Gasteiger charge is -2.07. The van der Waals surface area contributed by atoms with Crippen molar-refractivity contribution in [3.8, 4) is 5.75 Å². The molecule has 0 radical (unpaired) electrons. The standard InChI is InChI=1S/C12H13BrN4O2/c13-9-2-1-3-10(6-9)19-7-12(18)14-5-4-11-15-8-16-17-11/h1-3,6,8H,4-5,7H2,(H,14,18)(H,15,16,17). The molecule has 0 spiro atoms. The number of nitrogens with zero attached hydrogens (tertiary/aromatic N) is 2. The fourth-order valence-electron chi connectivity index (χ4n) is 1.43. The molecule has 19 heavy (non-hydrogen) atoms. The summed E-state index contributed by atoms with van der Waals surface area (Å²) in [4.78, 5) is 15.5. The summed E-state index contributed by atoms with van der Waals surface area (Å²) in [7, 11) is 0. The lowest BCUT2D eigenvalue weighted by atomic mass is 10.3. The average molecular weight is 325 g/mol. The van der Waals surface area contributed by atoms with E-state index < -0.39 is 0 Å². The SMILES string of the molecule is O=C(COc1cccc(Br)c1)NCCc1ncn[nH]1. The molecule has 0 fully saturated rings. The number of hydrogen-bond donors (Lipinski definition) is 2. The molecule has 6 nitrogen and oxygen atoms in total. The second kappa shape index (κ2) is 6.89. The molecule has 0 aliphatic rings. The van der Waals surface area contributed by atoms with Gasteiger partial charge in [-0.25, -0.2) is 4.98 Å². The third-order valence-corrected chi connectivity index (χ3v) is 2.81. The monoisotopic (exact) mass is 324 g/mol. The summed E-state index contributed by atoms with van der Waals surface area (Å²) < 4.78 is 6.27. The number of amides is 1. The van der Waals surface area contributed by atoms with Gasteiger partial charge in [-0.2, -0.15) is 5.10 Å². The largest absolute Gasteiger partial charge is 0.484 e. The van der Waals surface area contributed by atoms with Crippen LogP contribution < -0.4 is 10.1 Å². The van der Waals surface area contributed by atoms with E-state index in [0.29, 0.717) is 18.7 Å². The van der Waals surface area contributed by atoms with Crippen molar-refractivity contribution in [1.82, 2.24) is 20.5 Å². The molecular weight excluding hydrogens is 312 g/mol. The van der Waals surface area contributed by atoms with Gasteiger partial charge < -0.3 is 10.1 Å². The number of aromatic nitrogens is 3. The van der Waals surface area contributed by atoms with E-state index in [1.165, 1.54) is 6.33 Å². The van der Waals surface area contributed by atoms with Gasteiger partial charge >= 0.3 is 0 Å².